The van der Waals surface area contributed by atoms with E-state index in [4.69, 9.17) is 4.74 Å². The van der Waals surface area contributed by atoms with Gasteiger partial charge in [-0.1, -0.05) is 20.8 Å². The van der Waals surface area contributed by atoms with E-state index in [1.807, 2.05) is 20.9 Å². The van der Waals surface area contributed by atoms with Crippen LogP contribution < -0.4 is 10.1 Å². The first kappa shape index (κ1) is 14.7. The fourth-order valence-corrected chi connectivity index (χ4v) is 1.74. The van der Waals surface area contributed by atoms with Crippen LogP contribution in [-0.4, -0.2) is 23.6 Å². The van der Waals surface area contributed by atoms with Gasteiger partial charge >= 0.3 is 0 Å². The van der Waals surface area contributed by atoms with Crippen LogP contribution >= 0.6 is 0 Å². The summed E-state index contributed by atoms with van der Waals surface area (Å²) in [6.45, 7) is 9.21. The molecule has 0 radical (unpaired) electrons. The Bertz CT molecular complexity index is 378. The van der Waals surface area contributed by atoms with Gasteiger partial charge in [-0.2, -0.15) is 4.98 Å². The van der Waals surface area contributed by atoms with Crippen LogP contribution in [0.15, 0.2) is 0 Å². The van der Waals surface area contributed by atoms with Crippen molar-refractivity contribution in [3.8, 4) is 5.88 Å². The maximum atomic E-state index is 5.78. The van der Waals surface area contributed by atoms with E-state index in [2.05, 4.69) is 29.1 Å². The van der Waals surface area contributed by atoms with Crippen molar-refractivity contribution < 1.29 is 4.74 Å². The lowest BCUT2D eigenvalue weighted by molar-refractivity contribution is 0.284. The number of aryl methyl sites for hydroxylation is 1. The molecule has 0 unspecified atom stereocenters. The molecular weight excluding hydrogens is 226 g/mol. The summed E-state index contributed by atoms with van der Waals surface area (Å²) in [6.07, 6.45) is 3.07. The SMILES string of the molecule is CCc1nc(NC)c(C)c(OCCCC(C)C)n1. The summed E-state index contributed by atoms with van der Waals surface area (Å²) in [6, 6.07) is 0. The van der Waals surface area contributed by atoms with Gasteiger partial charge in [-0.25, -0.2) is 4.98 Å². The highest BCUT2D eigenvalue weighted by Crippen LogP contribution is 2.22. The molecule has 0 saturated carbocycles. The predicted octanol–water partition coefficient (Wildman–Crippen LogP) is 3.20. The molecule has 1 heterocycles. The first-order valence-corrected chi connectivity index (χ1v) is 6.76. The summed E-state index contributed by atoms with van der Waals surface area (Å²) >= 11 is 0. The molecule has 0 bridgehead atoms. The van der Waals surface area contributed by atoms with E-state index in [9.17, 15) is 0 Å². The summed E-state index contributed by atoms with van der Waals surface area (Å²) < 4.78 is 5.78. The van der Waals surface area contributed by atoms with Crippen LogP contribution in [0.25, 0.3) is 0 Å². The second-order valence-electron chi connectivity index (χ2n) is 4.91. The normalized spacial score (nSPS) is 10.8. The van der Waals surface area contributed by atoms with Crippen LogP contribution in [0.3, 0.4) is 0 Å². The van der Waals surface area contributed by atoms with Crippen molar-refractivity contribution in [2.75, 3.05) is 19.0 Å². The van der Waals surface area contributed by atoms with E-state index in [1.165, 1.54) is 6.42 Å². The molecule has 0 saturated heterocycles. The summed E-state index contributed by atoms with van der Waals surface area (Å²) in [5.41, 5.74) is 0.985. The van der Waals surface area contributed by atoms with Gasteiger partial charge in [-0.3, -0.25) is 0 Å². The minimum Gasteiger partial charge on any atom is -0.477 e. The van der Waals surface area contributed by atoms with E-state index < -0.39 is 0 Å². The quantitative estimate of drug-likeness (QED) is 0.756. The fraction of sp³-hybridized carbons (Fsp3) is 0.714. The molecule has 1 aromatic heterocycles. The molecule has 0 amide bonds. The third-order valence-electron chi connectivity index (χ3n) is 2.87. The highest BCUT2D eigenvalue weighted by molar-refractivity contribution is 5.48. The van der Waals surface area contributed by atoms with Gasteiger partial charge in [-0.15, -0.1) is 0 Å². The van der Waals surface area contributed by atoms with Gasteiger partial charge in [0, 0.05) is 13.5 Å². The number of nitrogens with zero attached hydrogens (tertiary/aromatic N) is 2. The largest absolute Gasteiger partial charge is 0.477 e. The number of hydrogen-bond acceptors (Lipinski definition) is 4. The Morgan fingerprint density at radius 2 is 2.00 bits per heavy atom. The Kier molecular flexibility index (Phi) is 5.89. The van der Waals surface area contributed by atoms with Crippen molar-refractivity contribution in [2.45, 2.75) is 47.0 Å². The zero-order valence-electron chi connectivity index (χ0n) is 12.2. The second-order valence-corrected chi connectivity index (χ2v) is 4.91. The van der Waals surface area contributed by atoms with Crippen LogP contribution in [0, 0.1) is 12.8 Å². The van der Waals surface area contributed by atoms with Crippen LogP contribution in [0.4, 0.5) is 5.82 Å². The molecule has 0 aromatic carbocycles. The van der Waals surface area contributed by atoms with Crippen molar-refractivity contribution in [2.24, 2.45) is 5.92 Å². The van der Waals surface area contributed by atoms with E-state index in [0.717, 1.165) is 48.5 Å². The maximum absolute atomic E-state index is 5.78. The van der Waals surface area contributed by atoms with E-state index in [-0.39, 0.29) is 0 Å². The van der Waals surface area contributed by atoms with Crippen molar-refractivity contribution in [1.29, 1.82) is 0 Å². The molecule has 0 aliphatic rings. The average Bonchev–Trinajstić information content (AvgIpc) is 2.36. The standard InChI is InChI=1S/C14H25N3O/c1-6-12-16-13(15-5)11(4)14(17-12)18-9-7-8-10(2)3/h10H,6-9H2,1-5H3,(H,15,16,17). The van der Waals surface area contributed by atoms with Crippen LogP contribution in [-0.2, 0) is 6.42 Å². The van der Waals surface area contributed by atoms with Crippen molar-refractivity contribution >= 4 is 5.82 Å². The average molecular weight is 251 g/mol. The fourth-order valence-electron chi connectivity index (χ4n) is 1.74. The van der Waals surface area contributed by atoms with Crippen LogP contribution in [0.5, 0.6) is 5.88 Å². The second kappa shape index (κ2) is 7.19. The molecule has 1 rings (SSSR count). The molecule has 4 heteroatoms. The molecule has 1 N–H and O–H groups in total. The zero-order valence-corrected chi connectivity index (χ0v) is 12.2. The first-order chi connectivity index (χ1) is 8.58. The number of aromatic nitrogens is 2. The molecule has 4 nitrogen and oxygen atoms in total. The summed E-state index contributed by atoms with van der Waals surface area (Å²) in [5, 5.41) is 3.09. The Morgan fingerprint density at radius 3 is 2.56 bits per heavy atom. The zero-order chi connectivity index (χ0) is 13.5. The lowest BCUT2D eigenvalue weighted by Gasteiger charge is -2.13. The highest BCUT2D eigenvalue weighted by Gasteiger charge is 2.10. The molecule has 1 aromatic rings. The smallest absolute Gasteiger partial charge is 0.221 e. The van der Waals surface area contributed by atoms with Crippen molar-refractivity contribution in [1.82, 2.24) is 9.97 Å². The highest BCUT2D eigenvalue weighted by atomic mass is 16.5. The van der Waals surface area contributed by atoms with Crippen LogP contribution in [0.2, 0.25) is 0 Å². The van der Waals surface area contributed by atoms with E-state index in [1.54, 1.807) is 0 Å². The van der Waals surface area contributed by atoms with Gasteiger partial charge < -0.3 is 10.1 Å². The number of ether oxygens (including phenoxy) is 1. The van der Waals surface area contributed by atoms with Crippen LogP contribution in [0.1, 0.15) is 45.0 Å². The summed E-state index contributed by atoms with van der Waals surface area (Å²) in [5.74, 6) is 3.12. The number of nitrogens with one attached hydrogen (secondary N) is 1. The minimum atomic E-state index is 0.718. The molecule has 0 aliphatic heterocycles. The van der Waals surface area contributed by atoms with Gasteiger partial charge in [0.15, 0.2) is 0 Å². The maximum Gasteiger partial charge on any atom is 0.221 e. The number of anilines is 1. The first-order valence-electron chi connectivity index (χ1n) is 6.76. The van der Waals surface area contributed by atoms with Crippen molar-refractivity contribution in [3.63, 3.8) is 0 Å². The van der Waals surface area contributed by atoms with Gasteiger partial charge in [0.05, 0.1) is 12.2 Å². The van der Waals surface area contributed by atoms with Crippen molar-refractivity contribution in [3.05, 3.63) is 11.4 Å². The Hall–Kier alpha value is -1.32. The molecule has 0 atom stereocenters. The molecule has 0 aliphatic carbocycles. The van der Waals surface area contributed by atoms with Gasteiger partial charge in [-0.05, 0) is 25.7 Å². The third kappa shape index (κ3) is 4.17. The Labute approximate surface area is 110 Å². The number of rotatable bonds is 7. The summed E-state index contributed by atoms with van der Waals surface area (Å²) in [4.78, 5) is 8.87. The van der Waals surface area contributed by atoms with Gasteiger partial charge in [0.25, 0.3) is 0 Å². The Balaban J connectivity index is 2.68. The van der Waals surface area contributed by atoms with E-state index >= 15 is 0 Å². The summed E-state index contributed by atoms with van der Waals surface area (Å²) in [7, 11) is 1.87. The molecular formula is C14H25N3O. The third-order valence-corrected chi connectivity index (χ3v) is 2.87. The Morgan fingerprint density at radius 1 is 1.28 bits per heavy atom. The molecule has 0 spiro atoms. The van der Waals surface area contributed by atoms with Gasteiger partial charge in [0.1, 0.15) is 11.6 Å². The minimum absolute atomic E-state index is 0.718. The molecule has 102 valence electrons. The number of hydrogen-bond donors (Lipinski definition) is 1. The molecule has 18 heavy (non-hydrogen) atoms. The predicted molar refractivity (Wildman–Crippen MR) is 75.3 cm³/mol. The van der Waals surface area contributed by atoms with Gasteiger partial charge in [0.2, 0.25) is 5.88 Å². The monoisotopic (exact) mass is 251 g/mol. The lowest BCUT2D eigenvalue weighted by atomic mass is 10.1. The molecule has 0 fully saturated rings. The topological polar surface area (TPSA) is 47.0 Å². The lowest BCUT2D eigenvalue weighted by Crippen LogP contribution is -2.08. The van der Waals surface area contributed by atoms with E-state index in [0.29, 0.717) is 0 Å².